The van der Waals surface area contributed by atoms with Crippen molar-refractivity contribution in [2.75, 3.05) is 18.8 Å². The van der Waals surface area contributed by atoms with Gasteiger partial charge in [-0.1, -0.05) is 24.2 Å². The monoisotopic (exact) mass is 294 g/mol. The summed E-state index contributed by atoms with van der Waals surface area (Å²) in [5.74, 6) is 3.69. The first-order valence-corrected chi connectivity index (χ1v) is 7.91. The standard InChI is InChI=1S/C12H18N6OS/c1-8(2)6-20-7-11-14-12(19-16-11)10-5-18(17-15-10)9-3-13-4-9/h5,8-9,13H,3-4,6-7H2,1-2H3. The van der Waals surface area contributed by atoms with E-state index in [1.165, 1.54) is 0 Å². The van der Waals surface area contributed by atoms with Crippen LogP contribution in [0.1, 0.15) is 25.7 Å². The van der Waals surface area contributed by atoms with Crippen LogP contribution in [0.3, 0.4) is 0 Å². The Morgan fingerprint density at radius 3 is 3.05 bits per heavy atom. The van der Waals surface area contributed by atoms with Gasteiger partial charge in [0.25, 0.3) is 5.89 Å². The van der Waals surface area contributed by atoms with Crippen LogP contribution in [0.5, 0.6) is 0 Å². The molecule has 0 unspecified atom stereocenters. The van der Waals surface area contributed by atoms with Crippen LogP contribution in [0.15, 0.2) is 10.7 Å². The van der Waals surface area contributed by atoms with E-state index in [0.29, 0.717) is 29.4 Å². The number of rotatable bonds is 6. The van der Waals surface area contributed by atoms with Gasteiger partial charge in [0.05, 0.1) is 18.0 Å². The number of nitrogens with zero attached hydrogens (tertiary/aromatic N) is 5. The summed E-state index contributed by atoms with van der Waals surface area (Å²) in [5.41, 5.74) is 0.643. The molecule has 0 amide bonds. The zero-order valence-corrected chi connectivity index (χ0v) is 12.4. The molecular formula is C12H18N6OS. The van der Waals surface area contributed by atoms with Crippen LogP contribution in [-0.2, 0) is 5.75 Å². The van der Waals surface area contributed by atoms with Gasteiger partial charge < -0.3 is 9.84 Å². The predicted octanol–water partition coefficient (Wildman–Crippen LogP) is 1.36. The summed E-state index contributed by atoms with van der Waals surface area (Å²) in [5, 5.41) is 15.4. The topological polar surface area (TPSA) is 81.7 Å². The fourth-order valence-electron chi connectivity index (χ4n) is 1.82. The summed E-state index contributed by atoms with van der Waals surface area (Å²) in [6.45, 7) is 6.26. The highest BCUT2D eigenvalue weighted by Crippen LogP contribution is 2.19. The Morgan fingerprint density at radius 2 is 2.35 bits per heavy atom. The summed E-state index contributed by atoms with van der Waals surface area (Å²) in [6.07, 6.45) is 1.87. The highest BCUT2D eigenvalue weighted by Gasteiger charge is 2.21. The van der Waals surface area contributed by atoms with Crippen LogP contribution in [0.25, 0.3) is 11.6 Å². The minimum Gasteiger partial charge on any atom is -0.332 e. The predicted molar refractivity (Wildman–Crippen MR) is 76.2 cm³/mol. The molecule has 0 atom stereocenters. The summed E-state index contributed by atoms with van der Waals surface area (Å²) >= 11 is 1.81. The van der Waals surface area contributed by atoms with Gasteiger partial charge in [-0.15, -0.1) is 5.10 Å². The lowest BCUT2D eigenvalue weighted by molar-refractivity contribution is 0.313. The average Bonchev–Trinajstić information content (AvgIpc) is 2.95. The van der Waals surface area contributed by atoms with Crippen molar-refractivity contribution in [1.29, 1.82) is 0 Å². The molecule has 108 valence electrons. The highest BCUT2D eigenvalue weighted by molar-refractivity contribution is 7.98. The van der Waals surface area contributed by atoms with E-state index in [4.69, 9.17) is 4.52 Å². The molecule has 8 heteroatoms. The maximum Gasteiger partial charge on any atom is 0.280 e. The Morgan fingerprint density at radius 1 is 1.50 bits per heavy atom. The first-order chi connectivity index (χ1) is 9.72. The van der Waals surface area contributed by atoms with Gasteiger partial charge >= 0.3 is 0 Å². The second-order valence-electron chi connectivity index (χ2n) is 5.32. The summed E-state index contributed by atoms with van der Waals surface area (Å²) in [6, 6.07) is 0.389. The van der Waals surface area contributed by atoms with E-state index in [2.05, 4.69) is 39.6 Å². The molecule has 7 nitrogen and oxygen atoms in total. The van der Waals surface area contributed by atoms with Crippen LogP contribution in [-0.4, -0.2) is 44.0 Å². The van der Waals surface area contributed by atoms with Gasteiger partial charge in [-0.2, -0.15) is 16.7 Å². The zero-order valence-electron chi connectivity index (χ0n) is 11.6. The smallest absolute Gasteiger partial charge is 0.280 e. The molecule has 1 fully saturated rings. The second-order valence-corrected chi connectivity index (χ2v) is 6.35. The lowest BCUT2D eigenvalue weighted by atomic mass is 10.2. The molecule has 1 N–H and O–H groups in total. The number of nitrogens with one attached hydrogen (secondary N) is 1. The lowest BCUT2D eigenvalue weighted by Gasteiger charge is -2.26. The van der Waals surface area contributed by atoms with Crippen LogP contribution < -0.4 is 5.32 Å². The highest BCUT2D eigenvalue weighted by atomic mass is 32.2. The number of hydrogen-bond acceptors (Lipinski definition) is 7. The van der Waals surface area contributed by atoms with E-state index in [1.54, 1.807) is 0 Å². The van der Waals surface area contributed by atoms with Crippen molar-refractivity contribution in [2.45, 2.75) is 25.6 Å². The van der Waals surface area contributed by atoms with Crippen LogP contribution in [0, 0.1) is 5.92 Å². The third-order valence-corrected chi connectivity index (χ3v) is 4.38. The molecular weight excluding hydrogens is 276 g/mol. The van der Waals surface area contributed by atoms with Gasteiger partial charge in [0.1, 0.15) is 0 Å². The maximum absolute atomic E-state index is 5.25. The SMILES string of the molecule is CC(C)CSCc1noc(-c2cn(C3CNC3)nn2)n1. The maximum atomic E-state index is 5.25. The Kier molecular flexibility index (Phi) is 4.02. The third kappa shape index (κ3) is 3.01. The number of aromatic nitrogens is 5. The van der Waals surface area contributed by atoms with E-state index in [0.717, 1.165) is 24.6 Å². The van der Waals surface area contributed by atoms with Gasteiger partial charge in [-0.25, -0.2) is 4.68 Å². The molecule has 0 spiro atoms. The minimum atomic E-state index is 0.389. The molecule has 3 heterocycles. The third-order valence-electron chi connectivity index (χ3n) is 3.01. The largest absolute Gasteiger partial charge is 0.332 e. The van der Waals surface area contributed by atoms with Crippen LogP contribution >= 0.6 is 11.8 Å². The Bertz CT molecular complexity index is 562. The molecule has 3 rings (SSSR count). The van der Waals surface area contributed by atoms with Crippen molar-refractivity contribution < 1.29 is 4.52 Å². The Labute approximate surface area is 121 Å². The fraction of sp³-hybridized carbons (Fsp3) is 0.667. The quantitative estimate of drug-likeness (QED) is 0.861. The first-order valence-electron chi connectivity index (χ1n) is 6.75. The summed E-state index contributed by atoms with van der Waals surface area (Å²) in [7, 11) is 0. The molecule has 0 saturated carbocycles. The molecule has 1 aliphatic heterocycles. The number of thioether (sulfide) groups is 1. The van der Waals surface area contributed by atoms with Crippen LogP contribution in [0.2, 0.25) is 0 Å². The van der Waals surface area contributed by atoms with E-state index in [-0.39, 0.29) is 0 Å². The zero-order chi connectivity index (χ0) is 13.9. The van der Waals surface area contributed by atoms with Crippen molar-refractivity contribution in [3.63, 3.8) is 0 Å². The van der Waals surface area contributed by atoms with Gasteiger partial charge in [0.2, 0.25) is 0 Å². The molecule has 20 heavy (non-hydrogen) atoms. The molecule has 2 aromatic rings. The number of hydrogen-bond donors (Lipinski definition) is 1. The van der Waals surface area contributed by atoms with Crippen molar-refractivity contribution in [3.8, 4) is 11.6 Å². The molecule has 0 aromatic carbocycles. The summed E-state index contributed by atoms with van der Waals surface area (Å²) in [4.78, 5) is 4.36. The van der Waals surface area contributed by atoms with Crippen molar-refractivity contribution in [3.05, 3.63) is 12.0 Å². The fourth-order valence-corrected chi connectivity index (χ4v) is 2.71. The van der Waals surface area contributed by atoms with Crippen molar-refractivity contribution >= 4 is 11.8 Å². The Balaban J connectivity index is 1.62. The van der Waals surface area contributed by atoms with Gasteiger partial charge in [-0.05, 0) is 11.7 Å². The molecule has 0 aliphatic carbocycles. The van der Waals surface area contributed by atoms with E-state index in [9.17, 15) is 0 Å². The lowest BCUT2D eigenvalue weighted by Crippen LogP contribution is -2.43. The van der Waals surface area contributed by atoms with Gasteiger partial charge in [0.15, 0.2) is 11.5 Å². The van der Waals surface area contributed by atoms with E-state index >= 15 is 0 Å². The molecule has 1 saturated heterocycles. The summed E-state index contributed by atoms with van der Waals surface area (Å²) < 4.78 is 7.10. The first kappa shape index (κ1) is 13.6. The second kappa shape index (κ2) is 5.92. The Hall–Kier alpha value is -1.41. The molecule has 0 bridgehead atoms. The van der Waals surface area contributed by atoms with E-state index < -0.39 is 0 Å². The van der Waals surface area contributed by atoms with Crippen molar-refractivity contribution in [2.24, 2.45) is 5.92 Å². The van der Waals surface area contributed by atoms with Crippen LogP contribution in [0.4, 0.5) is 0 Å². The molecule has 0 radical (unpaired) electrons. The normalized spacial score (nSPS) is 15.8. The average molecular weight is 294 g/mol. The van der Waals surface area contributed by atoms with Crippen molar-refractivity contribution in [1.82, 2.24) is 30.5 Å². The molecule has 2 aromatic heterocycles. The van der Waals surface area contributed by atoms with Gasteiger partial charge in [-0.3, -0.25) is 0 Å². The molecule has 1 aliphatic rings. The van der Waals surface area contributed by atoms with E-state index in [1.807, 2.05) is 22.6 Å². The van der Waals surface area contributed by atoms with Gasteiger partial charge in [0, 0.05) is 13.1 Å². The minimum absolute atomic E-state index is 0.389.